The fraction of sp³-hybridized carbons (Fsp3) is 0.458. The van der Waals surface area contributed by atoms with Crippen molar-refractivity contribution in [3.05, 3.63) is 47.1 Å². The third kappa shape index (κ3) is 10.8. The number of aromatic nitrogens is 1. The van der Waals surface area contributed by atoms with Crippen molar-refractivity contribution < 1.29 is 9.59 Å². The number of piperazine rings is 1. The normalized spacial score (nSPS) is 14.8. The molecule has 1 aliphatic rings. The van der Waals surface area contributed by atoms with Gasteiger partial charge in [0.25, 0.3) is 5.91 Å². The first-order chi connectivity index (χ1) is 16.8. The number of nitrogens with zero attached hydrogens (tertiary/aromatic N) is 3. The van der Waals surface area contributed by atoms with Crippen LogP contribution in [0.3, 0.4) is 0 Å². The topological polar surface area (TPSA) is 145 Å². The van der Waals surface area contributed by atoms with Crippen LogP contribution in [0.5, 0.6) is 0 Å². The highest BCUT2D eigenvalue weighted by molar-refractivity contribution is 6.30. The van der Waals surface area contributed by atoms with Crippen LogP contribution in [0, 0.1) is 6.92 Å². The second kappa shape index (κ2) is 15.0. The van der Waals surface area contributed by atoms with Gasteiger partial charge in [-0.05, 0) is 63.1 Å². The van der Waals surface area contributed by atoms with Crippen LogP contribution in [0.25, 0.3) is 11.3 Å². The molecule has 2 aromatic rings. The van der Waals surface area contributed by atoms with Crippen LogP contribution in [-0.4, -0.2) is 79.0 Å². The number of hydrazine groups is 1. The second-order valence-corrected chi connectivity index (χ2v) is 8.90. The minimum absolute atomic E-state index is 0.0652. The summed E-state index contributed by atoms with van der Waals surface area (Å²) in [5.41, 5.74) is 16.8. The fourth-order valence-corrected chi connectivity index (χ4v) is 3.62. The molecule has 10 nitrogen and oxygen atoms in total. The van der Waals surface area contributed by atoms with Gasteiger partial charge in [0, 0.05) is 49.1 Å². The Morgan fingerprint density at radius 1 is 1.14 bits per heavy atom. The van der Waals surface area contributed by atoms with E-state index in [9.17, 15) is 9.59 Å². The average molecular weight is 505 g/mol. The van der Waals surface area contributed by atoms with Gasteiger partial charge < -0.3 is 26.7 Å². The van der Waals surface area contributed by atoms with Crippen molar-refractivity contribution in [2.24, 2.45) is 16.5 Å². The molecule has 1 aromatic carbocycles. The Morgan fingerprint density at radius 3 is 2.40 bits per heavy atom. The number of nitrogens with two attached hydrogens (primary N) is 2. The summed E-state index contributed by atoms with van der Waals surface area (Å²) < 4.78 is 0. The second-order valence-electron chi connectivity index (χ2n) is 8.47. The monoisotopic (exact) mass is 504 g/mol. The molecule has 0 spiro atoms. The molecule has 2 amide bonds. The number of rotatable bonds is 10. The molecule has 0 aliphatic carbocycles. The molecule has 35 heavy (non-hydrogen) atoms. The summed E-state index contributed by atoms with van der Waals surface area (Å²) in [6.45, 7) is 5.94. The van der Waals surface area contributed by atoms with Crippen LogP contribution in [0.1, 0.15) is 25.0 Å². The summed E-state index contributed by atoms with van der Waals surface area (Å²) in [5.74, 6) is -0.117. The Morgan fingerprint density at radius 2 is 1.83 bits per heavy atom. The molecule has 7 N–H and O–H groups in total. The molecule has 3 rings (SSSR count). The van der Waals surface area contributed by atoms with E-state index >= 15 is 0 Å². The van der Waals surface area contributed by atoms with Crippen LogP contribution < -0.4 is 22.2 Å². The van der Waals surface area contributed by atoms with Crippen molar-refractivity contribution in [2.45, 2.75) is 32.2 Å². The number of aliphatic imine (C=N–C) groups is 1. The van der Waals surface area contributed by atoms with Crippen LogP contribution in [-0.2, 0) is 9.59 Å². The molecule has 2 heterocycles. The molecule has 192 valence electrons. The van der Waals surface area contributed by atoms with Crippen LogP contribution in [0.2, 0.25) is 5.02 Å². The maximum atomic E-state index is 12.2. The largest absolute Gasteiger partial charge is 0.370 e. The van der Waals surface area contributed by atoms with Gasteiger partial charge in [0.2, 0.25) is 6.41 Å². The van der Waals surface area contributed by atoms with Crippen molar-refractivity contribution in [3.8, 4) is 11.3 Å². The number of unbranched alkanes of at least 4 members (excludes halogenated alkanes) is 1. The molecule has 0 bridgehead atoms. The van der Waals surface area contributed by atoms with Gasteiger partial charge in [-0.25, -0.2) is 5.01 Å². The Kier molecular flexibility index (Phi) is 12.1. The van der Waals surface area contributed by atoms with E-state index in [0.29, 0.717) is 19.4 Å². The predicted octanol–water partition coefficient (Wildman–Crippen LogP) is 1.47. The summed E-state index contributed by atoms with van der Waals surface area (Å²) in [6.07, 6.45) is 2.62. The van der Waals surface area contributed by atoms with Crippen molar-refractivity contribution >= 4 is 29.9 Å². The van der Waals surface area contributed by atoms with E-state index < -0.39 is 6.04 Å². The molecule has 1 aliphatic heterocycles. The number of aromatic amines is 1. The number of carbonyl (C=O) groups is 2. The summed E-state index contributed by atoms with van der Waals surface area (Å²) >= 11 is 5.79. The zero-order chi connectivity index (χ0) is 25.6. The number of nitrogens with one attached hydrogen (secondary N) is 3. The molecule has 1 atom stereocenters. The lowest BCUT2D eigenvalue weighted by molar-refractivity contribution is -0.130. The van der Waals surface area contributed by atoms with E-state index in [2.05, 4.69) is 37.8 Å². The van der Waals surface area contributed by atoms with Gasteiger partial charge >= 0.3 is 0 Å². The number of hydrogen-bond donors (Lipinski definition) is 5. The maximum absolute atomic E-state index is 12.2. The number of likely N-dealkylation sites (N-methyl/N-ethyl adjacent to an activating group) is 1. The van der Waals surface area contributed by atoms with E-state index in [1.807, 2.05) is 43.2 Å². The number of H-pyrrole nitrogens is 1. The Bertz CT molecular complexity index is 935. The van der Waals surface area contributed by atoms with Crippen molar-refractivity contribution in [1.82, 2.24) is 25.6 Å². The number of carbonyl (C=O) groups excluding carboxylic acids is 2. The van der Waals surface area contributed by atoms with Crippen LogP contribution in [0.4, 0.5) is 0 Å². The molecular formula is C24H37ClN8O2. The highest BCUT2D eigenvalue weighted by Gasteiger charge is 2.21. The minimum Gasteiger partial charge on any atom is -0.370 e. The summed E-state index contributed by atoms with van der Waals surface area (Å²) in [4.78, 5) is 32.2. The number of halogens is 1. The first-order valence-electron chi connectivity index (χ1n) is 11.7. The number of guanidine groups is 1. The minimum atomic E-state index is -0.531. The molecule has 1 saturated heterocycles. The summed E-state index contributed by atoms with van der Waals surface area (Å²) in [5, 5.41) is 5.23. The van der Waals surface area contributed by atoms with Crippen molar-refractivity contribution in [1.29, 1.82) is 0 Å². The van der Waals surface area contributed by atoms with Gasteiger partial charge in [0.15, 0.2) is 5.96 Å². The number of amides is 2. The SMILES string of the molecule is CN1CCN(NC(=O)C(CCCCN=C(N)N)NC=O)CC1.Cc1ccc(-c2ccc(Cl)cc2)[nH]1. The first kappa shape index (κ1) is 28.2. The molecule has 0 radical (unpaired) electrons. The molecule has 1 fully saturated rings. The maximum Gasteiger partial charge on any atom is 0.256 e. The van der Waals surface area contributed by atoms with Gasteiger partial charge in [-0.2, -0.15) is 0 Å². The standard InChI is InChI=1S/C13H27N7O2.C11H10ClN/c1-19-6-8-20(9-7-19)18-12(22)11(17-10-21)4-2-3-5-16-13(14)15;1-8-2-7-11(13-8)9-3-5-10(12)6-4-9/h10-11H,2-9H2,1H3,(H,17,21)(H,18,22)(H4,14,15,16);2-7,13H,1H3. The number of benzene rings is 1. The fourth-order valence-electron chi connectivity index (χ4n) is 3.49. The summed E-state index contributed by atoms with van der Waals surface area (Å²) in [7, 11) is 2.05. The van der Waals surface area contributed by atoms with Crippen molar-refractivity contribution in [2.75, 3.05) is 39.8 Å². The molecule has 1 unspecified atom stereocenters. The van der Waals surface area contributed by atoms with Crippen molar-refractivity contribution in [3.63, 3.8) is 0 Å². The summed E-state index contributed by atoms with van der Waals surface area (Å²) in [6, 6.07) is 11.4. The van der Waals surface area contributed by atoms with Gasteiger partial charge in [-0.1, -0.05) is 23.7 Å². The lowest BCUT2D eigenvalue weighted by atomic mass is 10.1. The Balaban J connectivity index is 0.000000279. The van der Waals surface area contributed by atoms with E-state index in [1.54, 1.807) is 0 Å². The highest BCUT2D eigenvalue weighted by atomic mass is 35.5. The van der Waals surface area contributed by atoms with Crippen LogP contribution in [0.15, 0.2) is 41.4 Å². The molecule has 1 aromatic heterocycles. The van der Waals surface area contributed by atoms with Crippen LogP contribution >= 0.6 is 11.6 Å². The van der Waals surface area contributed by atoms with E-state index in [1.165, 1.54) is 5.69 Å². The van der Waals surface area contributed by atoms with E-state index in [4.69, 9.17) is 23.1 Å². The quantitative estimate of drug-likeness (QED) is 0.143. The third-order valence-electron chi connectivity index (χ3n) is 5.54. The van der Waals surface area contributed by atoms with E-state index in [-0.39, 0.29) is 11.9 Å². The van der Waals surface area contributed by atoms with Gasteiger partial charge in [-0.3, -0.25) is 20.0 Å². The third-order valence-corrected chi connectivity index (χ3v) is 5.79. The molecule has 11 heteroatoms. The first-order valence-corrected chi connectivity index (χ1v) is 12.1. The Hall–Kier alpha value is -3.08. The van der Waals surface area contributed by atoms with E-state index in [0.717, 1.165) is 55.3 Å². The smallest absolute Gasteiger partial charge is 0.256 e. The lowest BCUT2D eigenvalue weighted by Gasteiger charge is -2.33. The van der Waals surface area contributed by atoms with Gasteiger partial charge in [0.05, 0.1) is 0 Å². The number of aryl methyl sites for hydroxylation is 1. The average Bonchev–Trinajstić information content (AvgIpc) is 3.26. The highest BCUT2D eigenvalue weighted by Crippen LogP contribution is 2.20. The predicted molar refractivity (Wildman–Crippen MR) is 141 cm³/mol. The zero-order valence-electron chi connectivity index (χ0n) is 20.5. The molecular weight excluding hydrogens is 468 g/mol. The number of hydrogen-bond acceptors (Lipinski definition) is 5. The van der Waals surface area contributed by atoms with Gasteiger partial charge in [0.1, 0.15) is 6.04 Å². The van der Waals surface area contributed by atoms with Gasteiger partial charge in [-0.15, -0.1) is 0 Å². The lowest BCUT2D eigenvalue weighted by Crippen LogP contribution is -2.56. The molecule has 0 saturated carbocycles. The zero-order valence-corrected chi connectivity index (χ0v) is 21.2. The Labute approximate surface area is 212 Å².